The number of hydrogen-bond acceptors (Lipinski definition) is 5. The van der Waals surface area contributed by atoms with Gasteiger partial charge >= 0.3 is 5.97 Å². The molecule has 2 aromatic rings. The van der Waals surface area contributed by atoms with E-state index in [9.17, 15) is 23.9 Å². The van der Waals surface area contributed by atoms with Crippen LogP contribution in [0.4, 0.5) is 4.39 Å². The topological polar surface area (TPSA) is 87.2 Å². The predicted molar refractivity (Wildman–Crippen MR) is 156 cm³/mol. The largest absolute Gasteiger partial charge is 0.463 e. The van der Waals surface area contributed by atoms with Crippen LogP contribution in [0.2, 0.25) is 0 Å². The molecule has 220 valence electrons. The van der Waals surface area contributed by atoms with Gasteiger partial charge in [0.15, 0.2) is 0 Å². The first-order valence-corrected chi connectivity index (χ1v) is 14.2. The molecule has 7 nitrogen and oxygen atoms in total. The highest BCUT2D eigenvalue weighted by Crippen LogP contribution is 2.25. The van der Waals surface area contributed by atoms with Gasteiger partial charge in [0, 0.05) is 26.1 Å². The standard InChI is InChI=1S/C33H41FN2O5/c1-3-9-27(22-31(38)35(19-20-37)23-26-11-6-5-7-12-26)32(39)36-18-8-13-30(36)24-41-33(40)28(10-4-2)21-25-14-16-29(34)17-15-25/h3-7,11-12,14-17,27-28,30,37H,1-2,8-10,13,18-24H2/t27-,28+,30+/m1/s1. The third kappa shape index (κ3) is 9.67. The number of esters is 1. The van der Waals surface area contributed by atoms with E-state index in [1.807, 2.05) is 30.3 Å². The molecule has 0 unspecified atom stereocenters. The van der Waals surface area contributed by atoms with Crippen molar-refractivity contribution in [1.82, 2.24) is 9.80 Å². The molecule has 0 radical (unpaired) electrons. The molecule has 1 saturated heterocycles. The molecule has 0 aromatic heterocycles. The summed E-state index contributed by atoms with van der Waals surface area (Å²) in [6.07, 6.45) is 5.93. The number of aliphatic hydroxyl groups is 1. The lowest BCUT2D eigenvalue weighted by molar-refractivity contribution is -0.152. The number of nitrogens with zero attached hydrogens (tertiary/aromatic N) is 2. The second-order valence-electron chi connectivity index (χ2n) is 10.5. The van der Waals surface area contributed by atoms with Crippen LogP contribution in [0.5, 0.6) is 0 Å². The maximum atomic E-state index is 13.6. The molecule has 1 fully saturated rings. The van der Waals surface area contributed by atoms with Crippen molar-refractivity contribution < 1.29 is 28.6 Å². The SMILES string of the molecule is C=CC[C@@H](Cc1ccc(F)cc1)C(=O)OC[C@@H]1CCCN1C(=O)[C@H](CC=C)CC(=O)N(CCO)Cc1ccccc1. The molecule has 0 saturated carbocycles. The van der Waals surface area contributed by atoms with Crippen molar-refractivity contribution in [2.24, 2.45) is 11.8 Å². The summed E-state index contributed by atoms with van der Waals surface area (Å²) >= 11 is 0. The average Bonchev–Trinajstić information content (AvgIpc) is 3.45. The lowest BCUT2D eigenvalue weighted by atomic mass is 9.96. The van der Waals surface area contributed by atoms with E-state index in [4.69, 9.17) is 4.74 Å². The quantitative estimate of drug-likeness (QED) is 0.236. The van der Waals surface area contributed by atoms with Crippen molar-refractivity contribution in [2.45, 2.75) is 51.1 Å². The van der Waals surface area contributed by atoms with Gasteiger partial charge in [0.2, 0.25) is 11.8 Å². The van der Waals surface area contributed by atoms with Gasteiger partial charge in [0.05, 0.1) is 24.5 Å². The third-order valence-corrected chi connectivity index (χ3v) is 7.42. The fourth-order valence-electron chi connectivity index (χ4n) is 5.23. The molecule has 2 aromatic carbocycles. The first-order chi connectivity index (χ1) is 19.9. The van der Waals surface area contributed by atoms with E-state index in [1.165, 1.54) is 12.1 Å². The summed E-state index contributed by atoms with van der Waals surface area (Å²) in [5, 5.41) is 9.54. The second-order valence-corrected chi connectivity index (χ2v) is 10.5. The summed E-state index contributed by atoms with van der Waals surface area (Å²) < 4.78 is 19.0. The van der Waals surface area contributed by atoms with Gasteiger partial charge in [-0.1, -0.05) is 54.6 Å². The average molecular weight is 565 g/mol. The Balaban J connectivity index is 1.62. The Kier molecular flexibility index (Phi) is 12.8. The highest BCUT2D eigenvalue weighted by molar-refractivity contribution is 5.86. The van der Waals surface area contributed by atoms with Gasteiger partial charge in [-0.05, 0) is 55.4 Å². The fraction of sp³-hybridized carbons (Fsp3) is 0.424. The zero-order valence-electron chi connectivity index (χ0n) is 23.6. The molecule has 1 aliphatic heterocycles. The van der Waals surface area contributed by atoms with Crippen LogP contribution in [0.15, 0.2) is 79.9 Å². The van der Waals surface area contributed by atoms with Crippen LogP contribution in [-0.2, 0) is 32.1 Å². The number of allylic oxidation sites excluding steroid dienone is 2. The maximum Gasteiger partial charge on any atom is 0.309 e. The molecule has 3 rings (SSSR count). The monoisotopic (exact) mass is 564 g/mol. The zero-order chi connectivity index (χ0) is 29.6. The molecular formula is C33H41FN2O5. The van der Waals surface area contributed by atoms with Crippen LogP contribution in [0.3, 0.4) is 0 Å². The first-order valence-electron chi connectivity index (χ1n) is 14.2. The van der Waals surface area contributed by atoms with Crippen LogP contribution in [-0.4, -0.2) is 65.0 Å². The summed E-state index contributed by atoms with van der Waals surface area (Å²) in [5.41, 5.74) is 1.77. The number of rotatable bonds is 16. The summed E-state index contributed by atoms with van der Waals surface area (Å²) in [7, 11) is 0. The van der Waals surface area contributed by atoms with Gasteiger partial charge in [-0.2, -0.15) is 0 Å². The van der Waals surface area contributed by atoms with Gasteiger partial charge in [0.1, 0.15) is 12.4 Å². The molecule has 1 heterocycles. The summed E-state index contributed by atoms with van der Waals surface area (Å²) in [4.78, 5) is 43.2. The van der Waals surface area contributed by atoms with Crippen molar-refractivity contribution in [3.63, 3.8) is 0 Å². The Bertz CT molecular complexity index is 1150. The van der Waals surface area contributed by atoms with E-state index in [-0.39, 0.29) is 55.8 Å². The third-order valence-electron chi connectivity index (χ3n) is 7.42. The Morgan fingerprint density at radius 1 is 1.02 bits per heavy atom. The molecule has 0 bridgehead atoms. The molecule has 1 aliphatic rings. The Morgan fingerprint density at radius 3 is 2.37 bits per heavy atom. The number of aliphatic hydroxyl groups excluding tert-OH is 1. The van der Waals surface area contributed by atoms with E-state index in [0.29, 0.717) is 38.8 Å². The van der Waals surface area contributed by atoms with Crippen LogP contribution in [0.25, 0.3) is 0 Å². The van der Waals surface area contributed by atoms with Crippen LogP contribution < -0.4 is 0 Å². The summed E-state index contributed by atoms with van der Waals surface area (Å²) in [6.45, 7) is 8.48. The number of carbonyl (C=O) groups is 3. The Hall–Kier alpha value is -3.78. The van der Waals surface area contributed by atoms with E-state index in [2.05, 4.69) is 13.2 Å². The number of halogens is 1. The number of ether oxygens (including phenoxy) is 1. The lowest BCUT2D eigenvalue weighted by Crippen LogP contribution is -2.44. The minimum Gasteiger partial charge on any atom is -0.463 e. The second kappa shape index (κ2) is 16.5. The van der Waals surface area contributed by atoms with Crippen LogP contribution in [0.1, 0.15) is 43.2 Å². The van der Waals surface area contributed by atoms with Crippen molar-refractivity contribution in [1.29, 1.82) is 0 Å². The van der Waals surface area contributed by atoms with Gasteiger partial charge in [-0.25, -0.2) is 4.39 Å². The Labute approximate surface area is 242 Å². The van der Waals surface area contributed by atoms with Crippen molar-refractivity contribution in [2.75, 3.05) is 26.3 Å². The highest BCUT2D eigenvalue weighted by Gasteiger charge is 2.35. The van der Waals surface area contributed by atoms with E-state index < -0.39 is 11.8 Å². The van der Waals surface area contributed by atoms with Crippen LogP contribution >= 0.6 is 0 Å². The van der Waals surface area contributed by atoms with Crippen molar-refractivity contribution in [3.8, 4) is 0 Å². The number of benzene rings is 2. The van der Waals surface area contributed by atoms with Gasteiger partial charge in [-0.15, -0.1) is 13.2 Å². The van der Waals surface area contributed by atoms with Crippen molar-refractivity contribution in [3.05, 3.63) is 96.9 Å². The number of amides is 2. The van der Waals surface area contributed by atoms with Crippen molar-refractivity contribution >= 4 is 17.8 Å². The molecular weight excluding hydrogens is 523 g/mol. The summed E-state index contributed by atoms with van der Waals surface area (Å²) in [6, 6.07) is 15.3. The summed E-state index contributed by atoms with van der Waals surface area (Å²) in [5.74, 6) is -2.15. The van der Waals surface area contributed by atoms with Gasteiger partial charge < -0.3 is 19.6 Å². The smallest absolute Gasteiger partial charge is 0.309 e. The Morgan fingerprint density at radius 2 is 1.71 bits per heavy atom. The van der Waals surface area contributed by atoms with Gasteiger partial charge in [-0.3, -0.25) is 14.4 Å². The number of hydrogen-bond donors (Lipinski definition) is 1. The molecule has 3 atom stereocenters. The van der Waals surface area contributed by atoms with E-state index >= 15 is 0 Å². The normalized spacial score (nSPS) is 16.0. The van der Waals surface area contributed by atoms with E-state index in [1.54, 1.807) is 34.1 Å². The first kappa shape index (κ1) is 31.7. The molecule has 0 spiro atoms. The van der Waals surface area contributed by atoms with Crippen LogP contribution in [0, 0.1) is 17.7 Å². The van der Waals surface area contributed by atoms with Gasteiger partial charge in [0.25, 0.3) is 0 Å². The lowest BCUT2D eigenvalue weighted by Gasteiger charge is -2.30. The minimum absolute atomic E-state index is 0.000225. The highest BCUT2D eigenvalue weighted by atomic mass is 19.1. The molecule has 8 heteroatoms. The molecule has 1 N–H and O–H groups in total. The zero-order valence-corrected chi connectivity index (χ0v) is 23.6. The van der Waals surface area contributed by atoms with E-state index in [0.717, 1.165) is 17.5 Å². The number of likely N-dealkylation sites (tertiary alicyclic amines) is 1. The molecule has 2 amide bonds. The predicted octanol–water partition coefficient (Wildman–Crippen LogP) is 4.70. The molecule has 41 heavy (non-hydrogen) atoms. The minimum atomic E-state index is -0.597. The fourth-order valence-corrected chi connectivity index (χ4v) is 5.23. The molecule has 0 aliphatic carbocycles. The number of carbonyl (C=O) groups excluding carboxylic acids is 3. The maximum absolute atomic E-state index is 13.6.